The average molecular weight is 530 g/mol. The Morgan fingerprint density at radius 2 is 1.10 bits per heavy atom. The van der Waals surface area contributed by atoms with Gasteiger partial charge in [-0.05, 0) is 96.0 Å². The molecule has 0 spiro atoms. The van der Waals surface area contributed by atoms with Crippen molar-refractivity contribution in [1.29, 1.82) is 0 Å². The number of benzene rings is 1. The van der Waals surface area contributed by atoms with Crippen LogP contribution in [0.1, 0.15) is 27.7 Å². The summed E-state index contributed by atoms with van der Waals surface area (Å²) in [6.07, 6.45) is 15.4. The van der Waals surface area contributed by atoms with Gasteiger partial charge >= 0.3 is 0 Å². The molecule has 4 heteroatoms. The van der Waals surface area contributed by atoms with Crippen LogP contribution in [-0.2, 0) is 0 Å². The Morgan fingerprint density at radius 1 is 0.767 bits per heavy atom. The lowest BCUT2D eigenvalue weighted by Crippen LogP contribution is -2.21. The minimum atomic E-state index is 0.853. The molecule has 30 heavy (non-hydrogen) atoms. The van der Waals surface area contributed by atoms with Crippen molar-refractivity contribution >= 4 is 43.2 Å². The highest BCUT2D eigenvalue weighted by atomic mass is 79.9. The Hall–Kier alpha value is -2.30. The Kier molecular flexibility index (Phi) is 10.6. The quantitative estimate of drug-likeness (QED) is 0.278. The van der Waals surface area contributed by atoms with Crippen LogP contribution in [0, 0.1) is 0 Å². The third-order valence-corrected chi connectivity index (χ3v) is 5.48. The van der Waals surface area contributed by atoms with E-state index in [4.69, 9.17) is 0 Å². The first kappa shape index (κ1) is 25.7. The van der Waals surface area contributed by atoms with E-state index < -0.39 is 0 Å². The van der Waals surface area contributed by atoms with Crippen LogP contribution in [-0.4, -0.2) is 0 Å². The Morgan fingerprint density at radius 3 is 1.37 bits per heavy atom. The van der Waals surface area contributed by atoms with Gasteiger partial charge in [-0.1, -0.05) is 50.6 Å². The van der Waals surface area contributed by atoms with Crippen LogP contribution in [0.25, 0.3) is 0 Å². The second-order valence-corrected chi connectivity index (χ2v) is 8.20. The molecule has 0 saturated heterocycles. The molecule has 1 rings (SSSR count). The van der Waals surface area contributed by atoms with Crippen molar-refractivity contribution in [3.63, 3.8) is 0 Å². The average Bonchev–Trinajstić information content (AvgIpc) is 2.66. The lowest BCUT2D eigenvalue weighted by molar-refractivity contribution is 1.08. The van der Waals surface area contributed by atoms with E-state index in [0.717, 1.165) is 43.1 Å². The van der Waals surface area contributed by atoms with Gasteiger partial charge in [0.1, 0.15) is 0 Å². The summed E-state index contributed by atoms with van der Waals surface area (Å²) in [6, 6.07) is 4.15. The smallest absolute Gasteiger partial charge is 0.0612 e. The summed E-state index contributed by atoms with van der Waals surface area (Å²) in [4.78, 5) is 4.16. The van der Waals surface area contributed by atoms with Gasteiger partial charge in [-0.2, -0.15) is 0 Å². The fourth-order valence-corrected chi connectivity index (χ4v) is 4.05. The molecule has 1 aromatic carbocycles. The number of nitrogens with zero attached hydrogens (tertiary/aromatic N) is 2. The van der Waals surface area contributed by atoms with Gasteiger partial charge in [0.15, 0.2) is 0 Å². The number of halogens is 2. The second-order valence-electron chi connectivity index (χ2n) is 6.50. The standard InChI is InChI=1S/C26H30Br2N2/c1-9-13-19(5)29(20(6)14-10-2)25-17-24(28)26(18-23(25)27)30(21(7)15-11-3)22(8)16-12-4/h9-18H,1,3,6,8H2,2,4-5,7H3/b14-10-,16-12-,19-13+,21-15+. The van der Waals surface area contributed by atoms with E-state index in [0.29, 0.717) is 0 Å². The largest absolute Gasteiger partial charge is 0.314 e. The molecule has 0 N–H and O–H groups in total. The molecule has 0 unspecified atom stereocenters. The van der Waals surface area contributed by atoms with Crippen molar-refractivity contribution in [3.05, 3.63) is 119 Å². The van der Waals surface area contributed by atoms with Gasteiger partial charge in [-0.25, -0.2) is 0 Å². The summed E-state index contributed by atoms with van der Waals surface area (Å²) >= 11 is 7.54. The fourth-order valence-electron chi connectivity index (χ4n) is 3.04. The molecule has 1 aromatic rings. The maximum absolute atomic E-state index is 4.23. The first-order chi connectivity index (χ1) is 14.2. The van der Waals surface area contributed by atoms with Crippen LogP contribution in [0.2, 0.25) is 0 Å². The minimum absolute atomic E-state index is 0.853. The van der Waals surface area contributed by atoms with Gasteiger partial charge in [0, 0.05) is 31.7 Å². The number of hydrogen-bond donors (Lipinski definition) is 0. The van der Waals surface area contributed by atoms with E-state index in [9.17, 15) is 0 Å². The monoisotopic (exact) mass is 528 g/mol. The zero-order valence-corrected chi connectivity index (χ0v) is 21.4. The minimum Gasteiger partial charge on any atom is -0.314 e. The van der Waals surface area contributed by atoms with Crippen molar-refractivity contribution in [2.45, 2.75) is 27.7 Å². The lowest BCUT2D eigenvalue weighted by atomic mass is 10.1. The van der Waals surface area contributed by atoms with Crippen molar-refractivity contribution < 1.29 is 0 Å². The summed E-state index contributed by atoms with van der Waals surface area (Å²) < 4.78 is 1.85. The summed E-state index contributed by atoms with van der Waals surface area (Å²) in [7, 11) is 0. The van der Waals surface area contributed by atoms with Gasteiger partial charge in [-0.15, -0.1) is 0 Å². The zero-order chi connectivity index (χ0) is 22.8. The SMILES string of the molecule is C=C/C=C(\C)N(C(=C)/C=C\C)c1cc(Br)c(N(C(=C)/C=C\C)/C(C)=C/C=C)cc1Br. The van der Waals surface area contributed by atoms with E-state index in [-0.39, 0.29) is 0 Å². The van der Waals surface area contributed by atoms with Crippen LogP contribution in [0.4, 0.5) is 11.4 Å². The molecule has 0 heterocycles. The molecule has 0 bridgehead atoms. The van der Waals surface area contributed by atoms with Gasteiger partial charge in [0.05, 0.1) is 11.4 Å². The molecule has 0 aliphatic rings. The molecule has 0 aromatic heterocycles. The number of allylic oxidation sites excluding steroid dienone is 10. The topological polar surface area (TPSA) is 6.48 Å². The third kappa shape index (κ3) is 6.35. The molecule has 0 atom stereocenters. The highest BCUT2D eigenvalue weighted by molar-refractivity contribution is 9.11. The van der Waals surface area contributed by atoms with Crippen molar-refractivity contribution in [2.24, 2.45) is 0 Å². The van der Waals surface area contributed by atoms with Gasteiger partial charge in [-0.3, -0.25) is 0 Å². The number of rotatable bonds is 10. The van der Waals surface area contributed by atoms with Crippen LogP contribution >= 0.6 is 31.9 Å². The number of hydrogen-bond acceptors (Lipinski definition) is 2. The van der Waals surface area contributed by atoms with Crippen LogP contribution in [0.15, 0.2) is 119 Å². The van der Waals surface area contributed by atoms with E-state index in [1.165, 1.54) is 0 Å². The zero-order valence-electron chi connectivity index (χ0n) is 18.3. The molecule has 2 nitrogen and oxygen atoms in total. The van der Waals surface area contributed by atoms with Gasteiger partial charge < -0.3 is 9.80 Å². The van der Waals surface area contributed by atoms with Crippen LogP contribution < -0.4 is 9.80 Å². The molecule has 0 aliphatic carbocycles. The highest BCUT2D eigenvalue weighted by Gasteiger charge is 2.20. The van der Waals surface area contributed by atoms with E-state index >= 15 is 0 Å². The van der Waals surface area contributed by atoms with Crippen molar-refractivity contribution in [1.82, 2.24) is 0 Å². The maximum Gasteiger partial charge on any atom is 0.0612 e. The molecule has 0 radical (unpaired) electrons. The second kappa shape index (κ2) is 12.4. The lowest BCUT2D eigenvalue weighted by Gasteiger charge is -2.31. The number of anilines is 2. The van der Waals surface area contributed by atoms with Crippen LogP contribution in [0.5, 0.6) is 0 Å². The molecular weight excluding hydrogens is 500 g/mol. The first-order valence-corrected chi connectivity index (χ1v) is 11.1. The molecule has 0 fully saturated rings. The predicted molar refractivity (Wildman–Crippen MR) is 143 cm³/mol. The van der Waals surface area contributed by atoms with Crippen molar-refractivity contribution in [2.75, 3.05) is 9.80 Å². The third-order valence-electron chi connectivity index (χ3n) is 4.21. The first-order valence-electron chi connectivity index (χ1n) is 9.54. The van der Waals surface area contributed by atoms with Gasteiger partial charge in [0.2, 0.25) is 0 Å². The molecule has 0 amide bonds. The predicted octanol–water partition coefficient (Wildman–Crippen LogP) is 9.18. The fraction of sp³-hybridized carbons (Fsp3) is 0.154. The Balaban J connectivity index is 3.72. The van der Waals surface area contributed by atoms with Crippen molar-refractivity contribution in [3.8, 4) is 0 Å². The highest BCUT2D eigenvalue weighted by Crippen LogP contribution is 2.41. The summed E-state index contributed by atoms with van der Waals surface area (Å²) in [5, 5.41) is 0. The van der Waals surface area contributed by atoms with E-state index in [1.807, 2.05) is 64.2 Å². The van der Waals surface area contributed by atoms with Crippen LogP contribution in [0.3, 0.4) is 0 Å². The Labute approximate surface area is 198 Å². The summed E-state index contributed by atoms with van der Waals surface area (Å²) in [5.41, 5.74) is 5.65. The van der Waals surface area contributed by atoms with E-state index in [1.54, 1.807) is 12.2 Å². The summed E-state index contributed by atoms with van der Waals surface area (Å²) in [5.74, 6) is 0. The molecule has 0 aliphatic heterocycles. The normalized spacial score (nSPS) is 12.3. The molecule has 0 saturated carbocycles. The summed E-state index contributed by atoms with van der Waals surface area (Å²) in [6.45, 7) is 24.1. The molecule has 158 valence electrons. The Bertz CT molecular complexity index is 868. The molecular formula is C26H30Br2N2. The maximum atomic E-state index is 4.23. The van der Waals surface area contributed by atoms with E-state index in [2.05, 4.69) is 80.1 Å². The van der Waals surface area contributed by atoms with Gasteiger partial charge in [0.25, 0.3) is 0 Å².